The van der Waals surface area contributed by atoms with E-state index in [4.69, 9.17) is 5.11 Å². The molecule has 2 heteroatoms. The van der Waals surface area contributed by atoms with Crippen LogP contribution >= 0.6 is 7.26 Å². The van der Waals surface area contributed by atoms with E-state index < -0.39 is 7.26 Å². The second-order valence-corrected chi connectivity index (χ2v) is 10.6. The quantitative estimate of drug-likeness (QED) is 0.363. The lowest BCUT2D eigenvalue weighted by Crippen LogP contribution is -2.07. The summed E-state index contributed by atoms with van der Waals surface area (Å²) in [5, 5.41) is 8.69. The van der Waals surface area contributed by atoms with Gasteiger partial charge in [-0.2, -0.15) is 0 Å². The molecule has 1 N–H and O–H groups in total. The number of hydrogen-bond acceptors (Lipinski definition) is 1. The van der Waals surface area contributed by atoms with Crippen LogP contribution in [-0.4, -0.2) is 36.4 Å². The van der Waals surface area contributed by atoms with E-state index in [9.17, 15) is 0 Å². The van der Waals surface area contributed by atoms with Crippen LogP contribution in [0.5, 0.6) is 0 Å². The smallest absolute Gasteiger partial charge is 0.0594 e. The van der Waals surface area contributed by atoms with Crippen LogP contribution < -0.4 is 0 Å². The van der Waals surface area contributed by atoms with Gasteiger partial charge in [0, 0.05) is 13.9 Å². The van der Waals surface area contributed by atoms with Crippen molar-refractivity contribution in [1.29, 1.82) is 0 Å². The van der Waals surface area contributed by atoms with Gasteiger partial charge in [0.1, 0.15) is 0 Å². The molecule has 0 unspecified atom stereocenters. The minimum absolute atomic E-state index is 0.372. The highest BCUT2D eigenvalue weighted by Crippen LogP contribution is 2.58. The molecule has 0 aromatic rings. The van der Waals surface area contributed by atoms with Crippen molar-refractivity contribution in [2.45, 2.75) is 72.1 Å². The summed E-state index contributed by atoms with van der Waals surface area (Å²) in [4.78, 5) is 0. The topological polar surface area (TPSA) is 20.2 Å². The Bertz CT molecular complexity index is 158. The molecule has 0 aromatic carbocycles. The molecule has 0 saturated heterocycles. The van der Waals surface area contributed by atoms with Crippen molar-refractivity contribution in [3.63, 3.8) is 0 Å². The fraction of sp³-hybridized carbons (Fsp3) is 1.00. The summed E-state index contributed by atoms with van der Waals surface area (Å²) >= 11 is 0. The van der Waals surface area contributed by atoms with Crippen molar-refractivity contribution in [2.75, 3.05) is 31.3 Å². The van der Waals surface area contributed by atoms with E-state index >= 15 is 0 Å². The Morgan fingerprint density at radius 2 is 1.00 bits per heavy atom. The zero-order chi connectivity index (χ0) is 13.7. The van der Waals surface area contributed by atoms with Gasteiger partial charge in [-0.3, -0.25) is 0 Å². The first-order valence-electron chi connectivity index (χ1n) is 8.20. The molecule has 0 aliphatic carbocycles. The van der Waals surface area contributed by atoms with Gasteiger partial charge in [0.15, 0.2) is 0 Å². The maximum absolute atomic E-state index is 8.69. The molecule has 0 heterocycles. The Hall–Kier alpha value is 0.390. The Kier molecular flexibility index (Phi) is 12.7. The van der Waals surface area contributed by atoms with E-state index in [1.807, 2.05) is 0 Å². The van der Waals surface area contributed by atoms with Gasteiger partial charge in [-0.25, -0.2) is 0 Å². The molecule has 0 aliphatic rings. The SMILES string of the molecule is CC[P+](CC)(CC)CCCCCCCCCCO. The molecule has 0 bridgehead atoms. The van der Waals surface area contributed by atoms with Crippen molar-refractivity contribution in [3.8, 4) is 0 Å². The molecule has 0 radical (unpaired) electrons. The average molecular weight is 275 g/mol. The number of hydrogen-bond donors (Lipinski definition) is 1. The van der Waals surface area contributed by atoms with Crippen LogP contribution in [0, 0.1) is 0 Å². The van der Waals surface area contributed by atoms with Crippen LogP contribution in [0.2, 0.25) is 0 Å². The molecule has 0 rings (SSSR count). The van der Waals surface area contributed by atoms with E-state index in [1.165, 1.54) is 63.4 Å². The molecule has 0 saturated carbocycles. The monoisotopic (exact) mass is 275 g/mol. The van der Waals surface area contributed by atoms with E-state index in [-0.39, 0.29) is 0 Å². The zero-order valence-corrected chi connectivity index (χ0v) is 14.0. The highest BCUT2D eigenvalue weighted by molar-refractivity contribution is 7.75. The van der Waals surface area contributed by atoms with Crippen LogP contribution in [0.3, 0.4) is 0 Å². The number of unbranched alkanes of at least 4 members (excludes halogenated alkanes) is 7. The molecular formula is C16H36OP+. The van der Waals surface area contributed by atoms with Crippen molar-refractivity contribution < 1.29 is 5.11 Å². The van der Waals surface area contributed by atoms with Crippen LogP contribution in [0.1, 0.15) is 72.1 Å². The van der Waals surface area contributed by atoms with E-state index in [0.29, 0.717) is 6.61 Å². The van der Waals surface area contributed by atoms with Gasteiger partial charge in [0.2, 0.25) is 0 Å². The standard InChI is InChI=1S/C16H36OP/c1-4-18(5-2,6-3)16-14-12-10-8-7-9-11-13-15-17/h17H,4-16H2,1-3H3/q+1. The van der Waals surface area contributed by atoms with Crippen molar-refractivity contribution in [3.05, 3.63) is 0 Å². The highest BCUT2D eigenvalue weighted by Gasteiger charge is 2.29. The zero-order valence-electron chi connectivity index (χ0n) is 13.1. The first-order chi connectivity index (χ1) is 8.74. The minimum Gasteiger partial charge on any atom is -0.396 e. The molecule has 0 atom stereocenters. The molecule has 0 fully saturated rings. The Balaban J connectivity index is 3.38. The summed E-state index contributed by atoms with van der Waals surface area (Å²) in [6, 6.07) is 0. The summed E-state index contributed by atoms with van der Waals surface area (Å²) in [5.41, 5.74) is 0. The molecule has 18 heavy (non-hydrogen) atoms. The first-order valence-corrected chi connectivity index (χ1v) is 10.7. The van der Waals surface area contributed by atoms with Crippen molar-refractivity contribution in [2.24, 2.45) is 0 Å². The van der Waals surface area contributed by atoms with Gasteiger partial charge in [0.25, 0.3) is 0 Å². The second kappa shape index (κ2) is 12.4. The summed E-state index contributed by atoms with van der Waals surface area (Å²) in [6.45, 7) is 7.59. The predicted octanol–water partition coefficient (Wildman–Crippen LogP) is 5.18. The fourth-order valence-corrected chi connectivity index (χ4v) is 5.95. The van der Waals surface area contributed by atoms with E-state index in [0.717, 1.165) is 6.42 Å². The molecule has 0 spiro atoms. The summed E-state index contributed by atoms with van der Waals surface area (Å²) in [7, 11) is -0.537. The van der Waals surface area contributed by atoms with Gasteiger partial charge in [0.05, 0.1) is 24.6 Å². The molecule has 0 aromatic heterocycles. The third-order valence-corrected chi connectivity index (χ3v) is 9.84. The fourth-order valence-electron chi connectivity index (χ4n) is 2.76. The van der Waals surface area contributed by atoms with Gasteiger partial charge in [-0.1, -0.05) is 32.1 Å². The number of rotatable bonds is 13. The summed E-state index contributed by atoms with van der Waals surface area (Å²) < 4.78 is 0. The second-order valence-electron chi connectivity index (χ2n) is 5.57. The lowest BCUT2D eigenvalue weighted by atomic mass is 10.1. The Morgan fingerprint density at radius 1 is 0.611 bits per heavy atom. The predicted molar refractivity (Wildman–Crippen MR) is 87.4 cm³/mol. The van der Waals surface area contributed by atoms with E-state index in [2.05, 4.69) is 20.8 Å². The number of aliphatic hydroxyl groups excluding tert-OH is 1. The Labute approximate surface area is 116 Å². The molecule has 110 valence electrons. The lowest BCUT2D eigenvalue weighted by molar-refractivity contribution is 0.282. The lowest BCUT2D eigenvalue weighted by Gasteiger charge is -2.23. The van der Waals surface area contributed by atoms with Gasteiger partial charge in [-0.05, 0) is 40.0 Å². The van der Waals surface area contributed by atoms with Gasteiger partial charge < -0.3 is 5.11 Å². The highest BCUT2D eigenvalue weighted by atomic mass is 31.2. The maximum atomic E-state index is 8.69. The minimum atomic E-state index is -0.537. The normalized spacial score (nSPS) is 12.0. The van der Waals surface area contributed by atoms with Crippen LogP contribution in [-0.2, 0) is 0 Å². The van der Waals surface area contributed by atoms with Crippen LogP contribution in [0.25, 0.3) is 0 Å². The van der Waals surface area contributed by atoms with Gasteiger partial charge >= 0.3 is 0 Å². The maximum Gasteiger partial charge on any atom is 0.0594 e. The van der Waals surface area contributed by atoms with Crippen LogP contribution in [0.4, 0.5) is 0 Å². The third kappa shape index (κ3) is 8.48. The number of aliphatic hydroxyl groups is 1. The third-order valence-electron chi connectivity index (χ3n) is 4.55. The molecule has 0 aliphatic heterocycles. The molecular weight excluding hydrogens is 239 g/mol. The summed E-state index contributed by atoms with van der Waals surface area (Å²) in [6.07, 6.45) is 16.6. The largest absolute Gasteiger partial charge is 0.396 e. The molecule has 0 amide bonds. The molecule has 1 nitrogen and oxygen atoms in total. The van der Waals surface area contributed by atoms with Crippen molar-refractivity contribution in [1.82, 2.24) is 0 Å². The Morgan fingerprint density at radius 3 is 1.39 bits per heavy atom. The summed E-state index contributed by atoms with van der Waals surface area (Å²) in [5.74, 6) is 0. The van der Waals surface area contributed by atoms with Gasteiger partial charge in [-0.15, -0.1) is 0 Å². The van der Waals surface area contributed by atoms with Crippen LogP contribution in [0.15, 0.2) is 0 Å². The first kappa shape index (κ1) is 18.4. The van der Waals surface area contributed by atoms with E-state index in [1.54, 1.807) is 6.16 Å². The average Bonchev–Trinajstić information content (AvgIpc) is 2.42. The van der Waals surface area contributed by atoms with Crippen molar-refractivity contribution >= 4 is 7.26 Å².